The van der Waals surface area contributed by atoms with Crippen molar-refractivity contribution >= 4 is 38.4 Å². The molecular weight excluding hydrogens is 404 g/mol. The number of fused-ring (bicyclic) bond motifs is 1. The maximum absolute atomic E-state index is 12.6. The lowest BCUT2D eigenvalue weighted by molar-refractivity contribution is -0.117. The van der Waals surface area contributed by atoms with Crippen LogP contribution >= 0.6 is 11.8 Å². The molecule has 1 amide bonds. The van der Waals surface area contributed by atoms with Crippen molar-refractivity contribution in [3.05, 3.63) is 65.2 Å². The number of hydrogen-bond acceptors (Lipinski definition) is 4. The third kappa shape index (κ3) is 4.41. The van der Waals surface area contributed by atoms with E-state index in [0.717, 1.165) is 22.4 Å². The van der Waals surface area contributed by atoms with Crippen LogP contribution < -0.4 is 4.90 Å². The number of nitrogens with zero attached hydrogens (tertiary/aromatic N) is 2. The van der Waals surface area contributed by atoms with Gasteiger partial charge < -0.3 is 4.90 Å². The number of aryl methyl sites for hydroxylation is 3. The number of sulfone groups is 1. The van der Waals surface area contributed by atoms with E-state index in [1.54, 1.807) is 0 Å². The van der Waals surface area contributed by atoms with Gasteiger partial charge >= 0.3 is 0 Å². The molecule has 152 valence electrons. The van der Waals surface area contributed by atoms with Crippen LogP contribution in [0.25, 0.3) is 0 Å². The number of aliphatic imine (C=N–C) groups is 1. The van der Waals surface area contributed by atoms with Crippen LogP contribution in [0.2, 0.25) is 0 Å². The molecule has 2 atom stereocenters. The summed E-state index contributed by atoms with van der Waals surface area (Å²) in [6, 6.07) is 15.8. The third-order valence-electron chi connectivity index (χ3n) is 5.38. The van der Waals surface area contributed by atoms with Gasteiger partial charge in [-0.1, -0.05) is 54.2 Å². The Labute approximate surface area is 176 Å². The number of rotatable bonds is 4. The highest BCUT2D eigenvalue weighted by molar-refractivity contribution is 8.16. The molecule has 0 radical (unpaired) electrons. The summed E-state index contributed by atoms with van der Waals surface area (Å²) >= 11 is 1.43. The van der Waals surface area contributed by atoms with Gasteiger partial charge in [0, 0.05) is 17.4 Å². The molecule has 2 aromatic rings. The van der Waals surface area contributed by atoms with Crippen molar-refractivity contribution in [3.63, 3.8) is 0 Å². The van der Waals surface area contributed by atoms with Gasteiger partial charge in [0.05, 0.1) is 17.5 Å². The minimum absolute atomic E-state index is 0.0828. The molecule has 0 bridgehead atoms. The first-order valence-electron chi connectivity index (χ1n) is 9.71. The molecule has 5 nitrogen and oxygen atoms in total. The van der Waals surface area contributed by atoms with Crippen molar-refractivity contribution in [2.45, 2.75) is 38.0 Å². The van der Waals surface area contributed by atoms with Gasteiger partial charge in [-0.15, -0.1) is 0 Å². The number of hydrogen-bond donors (Lipinski definition) is 0. The van der Waals surface area contributed by atoms with Crippen LogP contribution in [0, 0.1) is 13.8 Å². The first-order chi connectivity index (χ1) is 13.8. The van der Waals surface area contributed by atoms with E-state index in [1.807, 2.05) is 67.3 Å². The molecule has 2 aliphatic rings. The number of carbonyl (C=O) groups is 1. The van der Waals surface area contributed by atoms with Gasteiger partial charge in [-0.05, 0) is 43.0 Å². The monoisotopic (exact) mass is 428 g/mol. The van der Waals surface area contributed by atoms with Crippen LogP contribution in [0.3, 0.4) is 0 Å². The standard InChI is InChI=1S/C22H24N2O3S2/c1-15-8-9-16(2)18(12-15)24-19-13-29(26,27)14-20(19)28-22(24)23-21(25)11-10-17-6-4-3-5-7-17/h3-9,12,19-20H,10-11,13-14H2,1-2H3. The number of carbonyl (C=O) groups excluding carboxylic acids is 1. The lowest BCUT2D eigenvalue weighted by Crippen LogP contribution is -2.38. The Morgan fingerprint density at radius 3 is 2.66 bits per heavy atom. The molecule has 2 fully saturated rings. The highest BCUT2D eigenvalue weighted by Crippen LogP contribution is 2.42. The Kier molecular flexibility index (Phi) is 5.53. The van der Waals surface area contributed by atoms with Gasteiger partial charge in [-0.2, -0.15) is 4.99 Å². The summed E-state index contributed by atoms with van der Waals surface area (Å²) in [4.78, 5) is 19.0. The second-order valence-corrected chi connectivity index (χ2v) is 11.1. The van der Waals surface area contributed by atoms with Gasteiger partial charge in [-0.25, -0.2) is 8.42 Å². The maximum Gasteiger partial charge on any atom is 0.248 e. The van der Waals surface area contributed by atoms with Crippen LogP contribution in [0.4, 0.5) is 5.69 Å². The Morgan fingerprint density at radius 2 is 1.90 bits per heavy atom. The molecule has 0 aliphatic carbocycles. The number of amides is 1. The van der Waals surface area contributed by atoms with E-state index < -0.39 is 9.84 Å². The predicted molar refractivity (Wildman–Crippen MR) is 119 cm³/mol. The van der Waals surface area contributed by atoms with E-state index >= 15 is 0 Å². The first kappa shape index (κ1) is 20.2. The molecule has 29 heavy (non-hydrogen) atoms. The molecule has 0 aromatic heterocycles. The second-order valence-electron chi connectivity index (χ2n) is 7.73. The van der Waals surface area contributed by atoms with Crippen molar-refractivity contribution in [2.24, 2.45) is 4.99 Å². The fourth-order valence-electron chi connectivity index (χ4n) is 3.88. The zero-order valence-electron chi connectivity index (χ0n) is 16.5. The van der Waals surface area contributed by atoms with Crippen molar-refractivity contribution in [1.29, 1.82) is 0 Å². The summed E-state index contributed by atoms with van der Waals surface area (Å²) in [7, 11) is -3.07. The molecule has 2 aliphatic heterocycles. The van der Waals surface area contributed by atoms with E-state index in [0.29, 0.717) is 18.0 Å². The van der Waals surface area contributed by atoms with Gasteiger partial charge in [-0.3, -0.25) is 4.79 Å². The first-order valence-corrected chi connectivity index (χ1v) is 12.4. The summed E-state index contributed by atoms with van der Waals surface area (Å²) in [5, 5.41) is 0.544. The lowest BCUT2D eigenvalue weighted by Gasteiger charge is -2.26. The van der Waals surface area contributed by atoms with E-state index in [9.17, 15) is 13.2 Å². The summed E-state index contributed by atoms with van der Waals surface area (Å²) < 4.78 is 24.4. The molecule has 0 saturated carbocycles. The van der Waals surface area contributed by atoms with Crippen molar-refractivity contribution in [3.8, 4) is 0 Å². The zero-order chi connectivity index (χ0) is 20.6. The lowest BCUT2D eigenvalue weighted by atomic mass is 10.1. The molecule has 7 heteroatoms. The molecule has 0 N–H and O–H groups in total. The Bertz CT molecular complexity index is 1060. The Balaban J connectivity index is 1.61. The average Bonchev–Trinajstić information content (AvgIpc) is 3.14. The van der Waals surface area contributed by atoms with Gasteiger partial charge in [0.2, 0.25) is 5.91 Å². The van der Waals surface area contributed by atoms with Gasteiger partial charge in [0.25, 0.3) is 0 Å². The van der Waals surface area contributed by atoms with E-state index in [4.69, 9.17) is 0 Å². The quantitative estimate of drug-likeness (QED) is 0.745. The minimum Gasteiger partial charge on any atom is -0.315 e. The summed E-state index contributed by atoms with van der Waals surface area (Å²) in [5.74, 6) is 0.0745. The zero-order valence-corrected chi connectivity index (χ0v) is 18.2. The van der Waals surface area contributed by atoms with Gasteiger partial charge in [0.1, 0.15) is 0 Å². The van der Waals surface area contributed by atoms with Crippen LogP contribution in [0.1, 0.15) is 23.1 Å². The molecule has 2 heterocycles. The van der Waals surface area contributed by atoms with E-state index in [2.05, 4.69) is 4.99 Å². The molecule has 4 rings (SSSR count). The normalized spacial score (nSPS) is 24.1. The molecule has 2 unspecified atom stereocenters. The number of anilines is 1. The van der Waals surface area contributed by atoms with Crippen LogP contribution in [0.15, 0.2) is 53.5 Å². The van der Waals surface area contributed by atoms with E-state index in [1.165, 1.54) is 11.8 Å². The number of thioether (sulfide) groups is 1. The SMILES string of the molecule is Cc1ccc(C)c(N2C(=NC(=O)CCc3ccccc3)SC3CS(=O)(=O)CC32)c1. The van der Waals surface area contributed by atoms with Crippen molar-refractivity contribution < 1.29 is 13.2 Å². The summed E-state index contributed by atoms with van der Waals surface area (Å²) in [6.45, 7) is 4.02. The molecule has 0 spiro atoms. The van der Waals surface area contributed by atoms with Gasteiger partial charge in [0.15, 0.2) is 15.0 Å². The van der Waals surface area contributed by atoms with Crippen LogP contribution in [0.5, 0.6) is 0 Å². The summed E-state index contributed by atoms with van der Waals surface area (Å²) in [6.07, 6.45) is 0.980. The predicted octanol–water partition coefficient (Wildman–Crippen LogP) is 3.54. The second kappa shape index (κ2) is 7.95. The molecular formula is C22H24N2O3S2. The average molecular weight is 429 g/mol. The smallest absolute Gasteiger partial charge is 0.248 e. The summed E-state index contributed by atoms with van der Waals surface area (Å²) in [5.41, 5.74) is 4.19. The molecule has 2 saturated heterocycles. The maximum atomic E-state index is 12.6. The topological polar surface area (TPSA) is 66.8 Å². The minimum atomic E-state index is -3.07. The van der Waals surface area contributed by atoms with Crippen LogP contribution in [-0.4, -0.2) is 42.3 Å². The number of benzene rings is 2. The highest BCUT2D eigenvalue weighted by atomic mass is 32.2. The Hall–Kier alpha value is -2.12. The van der Waals surface area contributed by atoms with Crippen LogP contribution in [-0.2, 0) is 21.1 Å². The van der Waals surface area contributed by atoms with E-state index in [-0.39, 0.29) is 28.7 Å². The van der Waals surface area contributed by atoms with Crippen molar-refractivity contribution in [2.75, 3.05) is 16.4 Å². The third-order valence-corrected chi connectivity index (χ3v) is 8.59. The largest absolute Gasteiger partial charge is 0.315 e. The molecule has 2 aromatic carbocycles. The Morgan fingerprint density at radius 1 is 1.14 bits per heavy atom. The fraction of sp³-hybridized carbons (Fsp3) is 0.364. The number of amidine groups is 1. The van der Waals surface area contributed by atoms with Crippen molar-refractivity contribution in [1.82, 2.24) is 0 Å². The highest BCUT2D eigenvalue weighted by Gasteiger charge is 2.49. The fourth-order valence-corrected chi connectivity index (χ4v) is 7.81.